The highest BCUT2D eigenvalue weighted by molar-refractivity contribution is 5.90. The van der Waals surface area contributed by atoms with E-state index in [2.05, 4.69) is 20.7 Å². The summed E-state index contributed by atoms with van der Waals surface area (Å²) < 4.78 is 1.76. The molecule has 0 unspecified atom stereocenters. The van der Waals surface area contributed by atoms with E-state index in [-0.39, 0.29) is 5.91 Å². The second kappa shape index (κ2) is 7.87. The maximum absolute atomic E-state index is 12.1. The molecule has 1 aliphatic rings. The van der Waals surface area contributed by atoms with Crippen molar-refractivity contribution in [1.82, 2.24) is 20.1 Å². The topological polar surface area (TPSA) is 71.8 Å². The highest BCUT2D eigenvalue weighted by Crippen LogP contribution is 2.18. The number of nitrogens with zero attached hydrogens (tertiary/aromatic N) is 3. The van der Waals surface area contributed by atoms with Gasteiger partial charge in [0.25, 0.3) is 0 Å². The second-order valence-electron chi connectivity index (χ2n) is 6.07. The summed E-state index contributed by atoms with van der Waals surface area (Å²) >= 11 is 0. The average Bonchev–Trinajstić information content (AvgIpc) is 3.07. The van der Waals surface area contributed by atoms with Crippen LogP contribution in [0.2, 0.25) is 0 Å². The molecule has 1 aliphatic heterocycles. The average molecular weight is 313 g/mol. The molecular weight excluding hydrogens is 290 g/mol. The van der Waals surface area contributed by atoms with E-state index in [1.165, 1.54) is 19.2 Å². The molecule has 1 aromatic heterocycles. The Balaban J connectivity index is 1.49. The summed E-state index contributed by atoms with van der Waals surface area (Å²) in [7, 11) is 0. The molecule has 1 fully saturated rings. The normalized spacial score (nSPS) is 15.5. The second-order valence-corrected chi connectivity index (χ2v) is 6.07. The summed E-state index contributed by atoms with van der Waals surface area (Å²) in [6.45, 7) is 2.81. The van der Waals surface area contributed by atoms with E-state index in [4.69, 9.17) is 0 Å². The van der Waals surface area contributed by atoms with Crippen LogP contribution < -0.4 is 10.6 Å². The molecule has 122 valence electrons. The fourth-order valence-electron chi connectivity index (χ4n) is 2.98. The van der Waals surface area contributed by atoms with E-state index < -0.39 is 0 Å². The first kappa shape index (κ1) is 15.7. The number of amides is 1. The van der Waals surface area contributed by atoms with Crippen LogP contribution in [0.15, 0.2) is 36.9 Å². The van der Waals surface area contributed by atoms with Crippen molar-refractivity contribution in [3.05, 3.63) is 42.5 Å². The van der Waals surface area contributed by atoms with Crippen molar-refractivity contribution in [3.8, 4) is 0 Å². The summed E-state index contributed by atoms with van der Waals surface area (Å²) in [4.78, 5) is 16.1. The fraction of sp³-hybridized carbons (Fsp3) is 0.471. The molecule has 2 heterocycles. The number of nitrogens with one attached hydrogen (secondary N) is 2. The molecule has 2 aromatic rings. The standard InChI is InChI=1S/C17H23N5O/c23-17(5-4-14-6-8-18-9-7-14)21-16-3-1-2-15(10-16)11-22-13-19-12-20-22/h1-3,10,12-14,18H,4-9,11H2,(H,21,23). The summed E-state index contributed by atoms with van der Waals surface area (Å²) in [5.74, 6) is 0.780. The lowest BCUT2D eigenvalue weighted by atomic mass is 9.93. The summed E-state index contributed by atoms with van der Waals surface area (Å²) in [5.41, 5.74) is 1.93. The first-order valence-corrected chi connectivity index (χ1v) is 8.21. The third-order valence-corrected chi connectivity index (χ3v) is 4.26. The molecule has 23 heavy (non-hydrogen) atoms. The summed E-state index contributed by atoms with van der Waals surface area (Å²) in [6, 6.07) is 7.89. The van der Waals surface area contributed by atoms with Crippen molar-refractivity contribution in [2.45, 2.75) is 32.2 Å². The Labute approximate surface area is 136 Å². The number of rotatable bonds is 6. The number of anilines is 1. The molecule has 6 heteroatoms. The molecule has 0 atom stereocenters. The van der Waals surface area contributed by atoms with Crippen LogP contribution in [-0.4, -0.2) is 33.8 Å². The third kappa shape index (κ3) is 4.89. The maximum atomic E-state index is 12.1. The van der Waals surface area contributed by atoms with Gasteiger partial charge in [0.05, 0.1) is 6.54 Å². The molecule has 1 amide bonds. The Morgan fingerprint density at radius 1 is 1.35 bits per heavy atom. The monoisotopic (exact) mass is 313 g/mol. The van der Waals surface area contributed by atoms with Gasteiger partial charge in [0, 0.05) is 12.1 Å². The third-order valence-electron chi connectivity index (χ3n) is 4.26. The molecule has 1 aromatic carbocycles. The van der Waals surface area contributed by atoms with Crippen LogP contribution in [0.5, 0.6) is 0 Å². The lowest BCUT2D eigenvalue weighted by Gasteiger charge is -2.22. The van der Waals surface area contributed by atoms with Gasteiger partial charge in [0.2, 0.25) is 5.91 Å². The van der Waals surface area contributed by atoms with Crippen LogP contribution in [0.1, 0.15) is 31.2 Å². The van der Waals surface area contributed by atoms with E-state index in [0.717, 1.165) is 30.8 Å². The number of piperidine rings is 1. The SMILES string of the molecule is O=C(CCC1CCNCC1)Nc1cccc(Cn2cncn2)c1. The van der Waals surface area contributed by atoms with E-state index >= 15 is 0 Å². The predicted octanol–water partition coefficient (Wildman–Crippen LogP) is 2.04. The zero-order chi connectivity index (χ0) is 15.9. The van der Waals surface area contributed by atoms with Gasteiger partial charge >= 0.3 is 0 Å². The van der Waals surface area contributed by atoms with Crippen LogP contribution in [0.4, 0.5) is 5.69 Å². The largest absolute Gasteiger partial charge is 0.326 e. The van der Waals surface area contributed by atoms with Gasteiger partial charge in [-0.15, -0.1) is 0 Å². The van der Waals surface area contributed by atoms with Crippen LogP contribution in [0.3, 0.4) is 0 Å². The van der Waals surface area contributed by atoms with Crippen molar-refractivity contribution in [2.75, 3.05) is 18.4 Å². The predicted molar refractivity (Wildman–Crippen MR) is 89.0 cm³/mol. The van der Waals surface area contributed by atoms with Gasteiger partial charge in [-0.2, -0.15) is 5.10 Å². The number of aromatic nitrogens is 3. The van der Waals surface area contributed by atoms with Crippen LogP contribution >= 0.6 is 0 Å². The lowest BCUT2D eigenvalue weighted by Crippen LogP contribution is -2.28. The maximum Gasteiger partial charge on any atom is 0.224 e. The first-order valence-electron chi connectivity index (χ1n) is 8.21. The zero-order valence-corrected chi connectivity index (χ0v) is 13.2. The van der Waals surface area contributed by atoms with Crippen LogP contribution in [0, 0.1) is 5.92 Å². The van der Waals surface area contributed by atoms with Crippen molar-refractivity contribution in [3.63, 3.8) is 0 Å². The molecule has 3 rings (SSSR count). The number of benzene rings is 1. The highest BCUT2D eigenvalue weighted by atomic mass is 16.1. The van der Waals surface area contributed by atoms with E-state index in [1.54, 1.807) is 11.0 Å². The van der Waals surface area contributed by atoms with Gasteiger partial charge < -0.3 is 10.6 Å². The van der Waals surface area contributed by atoms with Crippen LogP contribution in [-0.2, 0) is 11.3 Å². The van der Waals surface area contributed by atoms with Crippen molar-refractivity contribution >= 4 is 11.6 Å². The van der Waals surface area contributed by atoms with Crippen molar-refractivity contribution < 1.29 is 4.79 Å². The fourth-order valence-corrected chi connectivity index (χ4v) is 2.98. The van der Waals surface area contributed by atoms with E-state index in [1.807, 2.05) is 24.3 Å². The molecule has 0 spiro atoms. The van der Waals surface area contributed by atoms with Gasteiger partial charge in [-0.1, -0.05) is 12.1 Å². The van der Waals surface area contributed by atoms with Crippen molar-refractivity contribution in [2.24, 2.45) is 5.92 Å². The minimum atomic E-state index is 0.0986. The molecule has 1 saturated heterocycles. The smallest absolute Gasteiger partial charge is 0.224 e. The molecule has 0 radical (unpaired) electrons. The minimum Gasteiger partial charge on any atom is -0.326 e. The Kier molecular flexibility index (Phi) is 5.37. The molecule has 0 aliphatic carbocycles. The summed E-state index contributed by atoms with van der Waals surface area (Å²) in [6.07, 6.45) is 7.14. The Hall–Kier alpha value is -2.21. The molecule has 0 bridgehead atoms. The molecule has 6 nitrogen and oxygen atoms in total. The quantitative estimate of drug-likeness (QED) is 0.856. The zero-order valence-electron chi connectivity index (χ0n) is 13.2. The molecule has 0 saturated carbocycles. The number of hydrogen-bond donors (Lipinski definition) is 2. The van der Waals surface area contributed by atoms with Gasteiger partial charge in [-0.05, 0) is 56.0 Å². The number of carbonyl (C=O) groups excluding carboxylic acids is 1. The van der Waals surface area contributed by atoms with Gasteiger partial charge in [-0.3, -0.25) is 4.79 Å². The van der Waals surface area contributed by atoms with Gasteiger partial charge in [-0.25, -0.2) is 9.67 Å². The molecular formula is C17H23N5O. The first-order chi connectivity index (χ1) is 11.3. The Bertz CT molecular complexity index is 620. The lowest BCUT2D eigenvalue weighted by molar-refractivity contribution is -0.116. The summed E-state index contributed by atoms with van der Waals surface area (Å²) in [5, 5.41) is 10.5. The van der Waals surface area contributed by atoms with E-state index in [9.17, 15) is 4.79 Å². The minimum absolute atomic E-state index is 0.0986. The van der Waals surface area contributed by atoms with E-state index in [0.29, 0.717) is 18.9 Å². The van der Waals surface area contributed by atoms with Crippen LogP contribution in [0.25, 0.3) is 0 Å². The van der Waals surface area contributed by atoms with Gasteiger partial charge in [0.15, 0.2) is 0 Å². The highest BCUT2D eigenvalue weighted by Gasteiger charge is 2.14. The number of hydrogen-bond acceptors (Lipinski definition) is 4. The molecule has 2 N–H and O–H groups in total. The Morgan fingerprint density at radius 2 is 2.22 bits per heavy atom. The van der Waals surface area contributed by atoms with Crippen molar-refractivity contribution in [1.29, 1.82) is 0 Å². The van der Waals surface area contributed by atoms with Gasteiger partial charge in [0.1, 0.15) is 12.7 Å². The Morgan fingerprint density at radius 3 is 3.00 bits per heavy atom. The number of carbonyl (C=O) groups is 1.